The first-order valence-corrected chi connectivity index (χ1v) is 16.6. The van der Waals surface area contributed by atoms with Crippen molar-refractivity contribution in [2.45, 2.75) is 23.1 Å². The van der Waals surface area contributed by atoms with Gasteiger partial charge in [0.05, 0.1) is 35.9 Å². The van der Waals surface area contributed by atoms with Crippen LogP contribution >= 0.6 is 39.0 Å². The van der Waals surface area contributed by atoms with Crippen LogP contribution in [-0.2, 0) is 19.1 Å². The van der Waals surface area contributed by atoms with Crippen LogP contribution in [0.5, 0.6) is 11.5 Å². The molecule has 0 saturated carbocycles. The maximum absolute atomic E-state index is 14.2. The third-order valence-electron chi connectivity index (χ3n) is 7.50. The SMILES string of the molecule is CCOC(=O)c1ccc(N2C(=O)[C@H]3[C@H](c4cc(Br)ccc4OCC(=O)Nc4ccc(OC)cc4)c4sc(=O)[nH]c4S[C@H]3C2=O)cc1. The summed E-state index contributed by atoms with van der Waals surface area (Å²) in [6.45, 7) is 1.58. The van der Waals surface area contributed by atoms with Crippen molar-refractivity contribution in [3.63, 3.8) is 0 Å². The highest BCUT2D eigenvalue weighted by Crippen LogP contribution is 2.54. The summed E-state index contributed by atoms with van der Waals surface area (Å²) in [5.41, 5.74) is 1.71. The molecular weight excluding hydrogens is 698 g/mol. The van der Waals surface area contributed by atoms with E-state index in [0.717, 1.165) is 28.0 Å². The van der Waals surface area contributed by atoms with Crippen LogP contribution in [0, 0.1) is 5.92 Å². The van der Waals surface area contributed by atoms with Crippen LogP contribution in [0.4, 0.5) is 11.4 Å². The molecule has 3 heterocycles. The number of thioether (sulfide) groups is 1. The number of carbonyl (C=O) groups excluding carboxylic acids is 4. The molecule has 2 aliphatic rings. The molecule has 1 saturated heterocycles. The fourth-order valence-electron chi connectivity index (χ4n) is 5.48. The normalized spacial score (nSPS) is 18.5. The number of nitrogens with one attached hydrogen (secondary N) is 2. The van der Waals surface area contributed by atoms with Crippen molar-refractivity contribution < 1.29 is 33.4 Å². The summed E-state index contributed by atoms with van der Waals surface area (Å²) >= 11 is 5.62. The fourth-order valence-corrected chi connectivity index (χ4v) is 8.36. The van der Waals surface area contributed by atoms with Crippen molar-refractivity contribution in [1.82, 2.24) is 4.98 Å². The molecule has 3 amide bonds. The Labute approximate surface area is 279 Å². The maximum Gasteiger partial charge on any atom is 0.338 e. The number of hydrogen-bond acceptors (Lipinski definition) is 10. The van der Waals surface area contributed by atoms with Gasteiger partial charge in [-0.05, 0) is 73.7 Å². The lowest BCUT2D eigenvalue weighted by molar-refractivity contribution is -0.122. The largest absolute Gasteiger partial charge is 0.497 e. The summed E-state index contributed by atoms with van der Waals surface area (Å²) in [4.78, 5) is 69.8. The Morgan fingerprint density at radius 2 is 1.74 bits per heavy atom. The van der Waals surface area contributed by atoms with E-state index in [-0.39, 0.29) is 18.1 Å². The van der Waals surface area contributed by atoms with Gasteiger partial charge in [-0.15, -0.1) is 0 Å². The molecule has 2 N–H and O–H groups in total. The van der Waals surface area contributed by atoms with E-state index in [0.29, 0.717) is 48.4 Å². The van der Waals surface area contributed by atoms with E-state index < -0.39 is 40.8 Å². The molecule has 1 fully saturated rings. The molecule has 3 atom stereocenters. The number of esters is 1. The second kappa shape index (κ2) is 13.1. The number of aromatic amines is 1. The number of hydrogen-bond donors (Lipinski definition) is 2. The number of imide groups is 1. The van der Waals surface area contributed by atoms with Crippen LogP contribution in [0.15, 0.2) is 81.0 Å². The zero-order valence-electron chi connectivity index (χ0n) is 24.4. The first kappa shape index (κ1) is 31.6. The molecule has 3 aromatic carbocycles. The number of benzene rings is 3. The summed E-state index contributed by atoms with van der Waals surface area (Å²) in [7, 11) is 1.55. The van der Waals surface area contributed by atoms with Crippen molar-refractivity contribution in [1.29, 1.82) is 0 Å². The van der Waals surface area contributed by atoms with Crippen LogP contribution < -0.4 is 24.6 Å². The Bertz CT molecular complexity index is 1890. The molecular formula is C32H26BrN3O8S2. The Kier molecular flexibility index (Phi) is 9.02. The maximum atomic E-state index is 14.2. The first-order valence-electron chi connectivity index (χ1n) is 14.1. The molecule has 0 radical (unpaired) electrons. The number of ether oxygens (including phenoxy) is 3. The lowest BCUT2D eigenvalue weighted by atomic mass is 9.82. The van der Waals surface area contributed by atoms with Gasteiger partial charge in [-0.1, -0.05) is 39.0 Å². The number of halogens is 1. The van der Waals surface area contributed by atoms with Crippen molar-refractivity contribution in [3.05, 3.63) is 96.9 Å². The lowest BCUT2D eigenvalue weighted by Gasteiger charge is -2.31. The van der Waals surface area contributed by atoms with Gasteiger partial charge in [0.15, 0.2) is 6.61 Å². The van der Waals surface area contributed by atoms with Crippen LogP contribution in [0.3, 0.4) is 0 Å². The van der Waals surface area contributed by atoms with E-state index in [9.17, 15) is 24.0 Å². The highest BCUT2D eigenvalue weighted by atomic mass is 79.9. The van der Waals surface area contributed by atoms with E-state index >= 15 is 0 Å². The number of nitrogens with zero attached hydrogens (tertiary/aromatic N) is 1. The number of fused-ring (bicyclic) bond motifs is 2. The Hall–Kier alpha value is -4.40. The van der Waals surface area contributed by atoms with Crippen molar-refractivity contribution in [2.75, 3.05) is 30.5 Å². The summed E-state index contributed by atoms with van der Waals surface area (Å²) in [5.74, 6) is -2.45. The van der Waals surface area contributed by atoms with E-state index in [2.05, 4.69) is 26.2 Å². The number of rotatable bonds is 9. The summed E-state index contributed by atoms with van der Waals surface area (Å²) < 4.78 is 16.9. The molecule has 0 bridgehead atoms. The van der Waals surface area contributed by atoms with Crippen LogP contribution in [0.2, 0.25) is 0 Å². The molecule has 6 rings (SSSR count). The molecule has 236 valence electrons. The molecule has 14 heteroatoms. The lowest BCUT2D eigenvalue weighted by Crippen LogP contribution is -2.32. The topological polar surface area (TPSA) is 144 Å². The molecule has 0 aliphatic carbocycles. The van der Waals surface area contributed by atoms with E-state index in [1.165, 1.54) is 24.3 Å². The first-order chi connectivity index (χ1) is 22.2. The minimum absolute atomic E-state index is 0.215. The van der Waals surface area contributed by atoms with Crippen LogP contribution in [0.25, 0.3) is 0 Å². The number of anilines is 2. The Morgan fingerprint density at radius 1 is 1.00 bits per heavy atom. The van der Waals surface area contributed by atoms with Gasteiger partial charge in [0.25, 0.3) is 5.91 Å². The monoisotopic (exact) mass is 723 g/mol. The smallest absolute Gasteiger partial charge is 0.338 e. The average molecular weight is 725 g/mol. The number of thiazole rings is 1. The number of amides is 3. The molecule has 0 unspecified atom stereocenters. The van der Waals surface area contributed by atoms with Gasteiger partial charge in [-0.2, -0.15) is 0 Å². The van der Waals surface area contributed by atoms with E-state index in [1.807, 2.05) is 0 Å². The van der Waals surface area contributed by atoms with Gasteiger partial charge in [0.2, 0.25) is 11.8 Å². The van der Waals surface area contributed by atoms with Crippen molar-refractivity contribution >= 4 is 74.1 Å². The van der Waals surface area contributed by atoms with Gasteiger partial charge < -0.3 is 24.5 Å². The average Bonchev–Trinajstić information content (AvgIpc) is 3.54. The van der Waals surface area contributed by atoms with E-state index in [1.54, 1.807) is 56.5 Å². The minimum Gasteiger partial charge on any atom is -0.497 e. The predicted molar refractivity (Wildman–Crippen MR) is 176 cm³/mol. The van der Waals surface area contributed by atoms with Gasteiger partial charge in [0.1, 0.15) is 16.7 Å². The number of carbonyl (C=O) groups is 4. The predicted octanol–water partition coefficient (Wildman–Crippen LogP) is 5.20. The zero-order chi connectivity index (χ0) is 32.5. The van der Waals surface area contributed by atoms with Gasteiger partial charge in [0, 0.05) is 26.5 Å². The molecule has 11 nitrogen and oxygen atoms in total. The van der Waals surface area contributed by atoms with Crippen molar-refractivity contribution in [2.24, 2.45) is 5.92 Å². The van der Waals surface area contributed by atoms with Crippen LogP contribution in [0.1, 0.15) is 33.6 Å². The Morgan fingerprint density at radius 3 is 2.43 bits per heavy atom. The second-order valence-corrected chi connectivity index (χ2v) is 13.4. The summed E-state index contributed by atoms with van der Waals surface area (Å²) in [5, 5.41) is 2.44. The highest BCUT2D eigenvalue weighted by molar-refractivity contribution is 9.10. The van der Waals surface area contributed by atoms with Crippen molar-refractivity contribution in [3.8, 4) is 11.5 Å². The van der Waals surface area contributed by atoms with Gasteiger partial charge in [-0.3, -0.25) is 19.2 Å². The fraction of sp³-hybridized carbons (Fsp3) is 0.219. The molecule has 4 aromatic rings. The third kappa shape index (κ3) is 6.07. The number of methoxy groups -OCH3 is 1. The number of aromatic nitrogens is 1. The Balaban J connectivity index is 1.31. The standard InChI is InChI=1S/C32H26BrN3O8S2/c1-3-43-31(40)16-4-9-19(10-5-16)36-29(38)25-24(26-28(35-32(41)46-26)45-27(25)30(36)39)21-14-17(33)6-13-22(21)44-15-23(37)34-18-7-11-20(42-2)12-8-18/h4-14,24-25,27H,3,15H2,1-2H3,(H,34,37)(H,35,41)/t24-,25-,27+/m0/s1. The van der Waals surface area contributed by atoms with Gasteiger partial charge >= 0.3 is 10.8 Å². The molecule has 1 aromatic heterocycles. The summed E-state index contributed by atoms with van der Waals surface area (Å²) in [6.07, 6.45) is 0. The quantitative estimate of drug-likeness (QED) is 0.176. The highest BCUT2D eigenvalue weighted by Gasteiger charge is 2.57. The van der Waals surface area contributed by atoms with Gasteiger partial charge in [-0.25, -0.2) is 9.69 Å². The third-order valence-corrected chi connectivity index (χ3v) is 10.4. The minimum atomic E-state index is -0.883. The van der Waals surface area contributed by atoms with Crippen LogP contribution in [-0.4, -0.2) is 54.2 Å². The summed E-state index contributed by atoms with van der Waals surface area (Å²) in [6, 6.07) is 18.1. The second-order valence-electron chi connectivity index (χ2n) is 10.3. The van der Waals surface area contributed by atoms with E-state index in [4.69, 9.17) is 14.2 Å². The number of H-pyrrole nitrogens is 1. The zero-order valence-corrected chi connectivity index (χ0v) is 27.6. The molecule has 46 heavy (non-hydrogen) atoms. The molecule has 0 spiro atoms. The molecule has 2 aliphatic heterocycles.